The lowest BCUT2D eigenvalue weighted by molar-refractivity contribution is -0.112. The van der Waals surface area contributed by atoms with E-state index in [0.717, 1.165) is 11.1 Å². The number of benzene rings is 2. The molecule has 0 bridgehead atoms. The van der Waals surface area contributed by atoms with Gasteiger partial charge in [0.2, 0.25) is 0 Å². The fourth-order valence-electron chi connectivity index (χ4n) is 2.33. The average molecular weight is 356 g/mol. The molecule has 0 heterocycles. The van der Waals surface area contributed by atoms with E-state index in [4.69, 9.17) is 16.3 Å². The Bertz CT molecular complexity index is 846. The number of nitrogens with zero attached hydrogens (tertiary/aromatic N) is 1. The van der Waals surface area contributed by atoms with Crippen LogP contribution in [0.1, 0.15) is 11.1 Å². The van der Waals surface area contributed by atoms with Gasteiger partial charge in [0.05, 0.1) is 23.5 Å². The van der Waals surface area contributed by atoms with Crippen LogP contribution in [0.2, 0.25) is 5.02 Å². The first-order valence-corrected chi connectivity index (χ1v) is 7.92. The predicted molar refractivity (Wildman–Crippen MR) is 99.9 cm³/mol. The molecule has 0 fully saturated rings. The zero-order valence-corrected chi connectivity index (χ0v) is 14.9. The number of nitrogens with one attached hydrogen (secondary N) is 2. The molecule has 1 amide bonds. The van der Waals surface area contributed by atoms with Crippen molar-refractivity contribution in [2.45, 2.75) is 13.8 Å². The zero-order valence-electron chi connectivity index (χ0n) is 14.2. The topological polar surface area (TPSA) is 74.1 Å². The van der Waals surface area contributed by atoms with Crippen molar-refractivity contribution in [3.8, 4) is 11.8 Å². The van der Waals surface area contributed by atoms with Gasteiger partial charge in [0.25, 0.3) is 5.91 Å². The third-order valence-corrected chi connectivity index (χ3v) is 3.81. The van der Waals surface area contributed by atoms with Gasteiger partial charge in [0.1, 0.15) is 17.4 Å². The number of anilines is 2. The largest absolute Gasteiger partial charge is 0.495 e. The van der Waals surface area contributed by atoms with Crippen molar-refractivity contribution < 1.29 is 9.53 Å². The van der Waals surface area contributed by atoms with Gasteiger partial charge in [-0.05, 0) is 43.2 Å². The SMILES string of the molecule is COc1ccccc1NC(=O)/C(C#N)=C\Nc1c(C)cc(C)cc1Cl. The fraction of sp³-hybridized carbons (Fsp3) is 0.158. The quantitative estimate of drug-likeness (QED) is 0.615. The van der Waals surface area contributed by atoms with Crippen LogP contribution in [0.3, 0.4) is 0 Å². The normalized spacial score (nSPS) is 10.8. The standard InChI is InChI=1S/C19H18ClN3O2/c1-12-8-13(2)18(15(20)9-12)22-11-14(10-21)19(24)23-16-6-4-5-7-17(16)25-3/h4-9,11,22H,1-3H3,(H,23,24)/b14-11-. The second-order valence-electron chi connectivity index (χ2n) is 5.41. The molecule has 0 saturated heterocycles. The number of rotatable bonds is 5. The van der Waals surface area contributed by atoms with E-state index in [2.05, 4.69) is 10.6 Å². The molecule has 0 spiro atoms. The molecule has 6 heteroatoms. The van der Waals surface area contributed by atoms with Crippen LogP contribution in [0.25, 0.3) is 0 Å². The number of aryl methyl sites for hydroxylation is 2. The minimum absolute atomic E-state index is 0.0815. The summed E-state index contributed by atoms with van der Waals surface area (Å²) in [6, 6.07) is 12.6. The summed E-state index contributed by atoms with van der Waals surface area (Å²) in [5.74, 6) is -0.0288. The Morgan fingerprint density at radius 2 is 2.00 bits per heavy atom. The highest BCUT2D eigenvalue weighted by atomic mass is 35.5. The minimum Gasteiger partial charge on any atom is -0.495 e. The molecular formula is C19H18ClN3O2. The maximum Gasteiger partial charge on any atom is 0.267 e. The van der Waals surface area contributed by atoms with Crippen molar-refractivity contribution >= 4 is 28.9 Å². The summed E-state index contributed by atoms with van der Waals surface area (Å²) >= 11 is 6.22. The summed E-state index contributed by atoms with van der Waals surface area (Å²) in [5, 5.41) is 15.4. The van der Waals surface area contributed by atoms with E-state index >= 15 is 0 Å². The van der Waals surface area contributed by atoms with Crippen molar-refractivity contribution in [1.29, 1.82) is 5.26 Å². The molecule has 25 heavy (non-hydrogen) atoms. The number of para-hydroxylation sites is 2. The van der Waals surface area contributed by atoms with Crippen LogP contribution in [-0.2, 0) is 4.79 Å². The molecule has 2 rings (SSSR count). The Balaban J connectivity index is 2.20. The summed E-state index contributed by atoms with van der Waals surface area (Å²) in [6.45, 7) is 3.84. The lowest BCUT2D eigenvalue weighted by Gasteiger charge is -2.11. The van der Waals surface area contributed by atoms with Crippen molar-refractivity contribution in [2.24, 2.45) is 0 Å². The lowest BCUT2D eigenvalue weighted by Crippen LogP contribution is -2.15. The molecule has 0 saturated carbocycles. The minimum atomic E-state index is -0.541. The van der Waals surface area contributed by atoms with Gasteiger partial charge >= 0.3 is 0 Å². The number of carbonyl (C=O) groups excluding carboxylic acids is 1. The van der Waals surface area contributed by atoms with E-state index in [-0.39, 0.29) is 5.57 Å². The van der Waals surface area contributed by atoms with Crippen LogP contribution in [0, 0.1) is 25.2 Å². The summed E-state index contributed by atoms with van der Waals surface area (Å²) < 4.78 is 5.18. The molecule has 2 aromatic rings. The van der Waals surface area contributed by atoms with Crippen LogP contribution < -0.4 is 15.4 Å². The fourth-order valence-corrected chi connectivity index (χ4v) is 2.70. The summed E-state index contributed by atoms with van der Waals surface area (Å²) in [7, 11) is 1.51. The van der Waals surface area contributed by atoms with Gasteiger partial charge in [-0.2, -0.15) is 5.26 Å². The van der Waals surface area contributed by atoms with Crippen LogP contribution in [0.5, 0.6) is 5.75 Å². The Kier molecular flexibility index (Phi) is 6.04. The highest BCUT2D eigenvalue weighted by Crippen LogP contribution is 2.28. The smallest absolute Gasteiger partial charge is 0.267 e. The first kappa shape index (κ1) is 18.4. The number of hydrogen-bond acceptors (Lipinski definition) is 4. The first-order chi connectivity index (χ1) is 12.0. The molecule has 0 unspecified atom stereocenters. The Morgan fingerprint density at radius 1 is 1.28 bits per heavy atom. The van der Waals surface area contributed by atoms with E-state index < -0.39 is 5.91 Å². The van der Waals surface area contributed by atoms with Crippen molar-refractivity contribution in [3.63, 3.8) is 0 Å². The maximum atomic E-state index is 12.3. The molecule has 128 valence electrons. The number of halogens is 1. The summed E-state index contributed by atoms with van der Waals surface area (Å²) in [4.78, 5) is 12.3. The van der Waals surface area contributed by atoms with Crippen LogP contribution >= 0.6 is 11.6 Å². The molecule has 0 aromatic heterocycles. The monoisotopic (exact) mass is 355 g/mol. The number of methoxy groups -OCH3 is 1. The van der Waals surface area contributed by atoms with Gasteiger partial charge in [-0.1, -0.05) is 29.8 Å². The van der Waals surface area contributed by atoms with Gasteiger partial charge in [0, 0.05) is 6.20 Å². The number of hydrogen-bond donors (Lipinski definition) is 2. The molecule has 0 atom stereocenters. The van der Waals surface area contributed by atoms with Gasteiger partial charge < -0.3 is 15.4 Å². The van der Waals surface area contributed by atoms with E-state index in [9.17, 15) is 10.1 Å². The van der Waals surface area contributed by atoms with Gasteiger partial charge in [-0.25, -0.2) is 0 Å². The van der Waals surface area contributed by atoms with E-state index in [0.29, 0.717) is 22.1 Å². The van der Waals surface area contributed by atoms with Crippen LogP contribution in [0.15, 0.2) is 48.2 Å². The van der Waals surface area contributed by atoms with E-state index in [1.54, 1.807) is 24.3 Å². The Labute approximate surface area is 151 Å². The lowest BCUT2D eigenvalue weighted by atomic mass is 10.1. The molecule has 0 aliphatic heterocycles. The molecule has 5 nitrogen and oxygen atoms in total. The number of amides is 1. The third kappa shape index (κ3) is 4.52. The number of nitriles is 1. The summed E-state index contributed by atoms with van der Waals surface area (Å²) in [5.41, 5.74) is 3.02. The third-order valence-electron chi connectivity index (χ3n) is 3.51. The van der Waals surface area contributed by atoms with Crippen LogP contribution in [0.4, 0.5) is 11.4 Å². The molecule has 2 aromatic carbocycles. The highest BCUT2D eigenvalue weighted by molar-refractivity contribution is 6.33. The van der Waals surface area contributed by atoms with Crippen LogP contribution in [-0.4, -0.2) is 13.0 Å². The molecule has 2 N–H and O–H groups in total. The molecule has 0 radical (unpaired) electrons. The maximum absolute atomic E-state index is 12.3. The van der Waals surface area contributed by atoms with Gasteiger partial charge in [-0.3, -0.25) is 4.79 Å². The summed E-state index contributed by atoms with van der Waals surface area (Å²) in [6.07, 6.45) is 1.34. The van der Waals surface area contributed by atoms with E-state index in [1.165, 1.54) is 13.3 Å². The Morgan fingerprint density at radius 3 is 2.64 bits per heavy atom. The molecular weight excluding hydrogens is 338 g/mol. The first-order valence-electron chi connectivity index (χ1n) is 7.54. The molecule has 0 aliphatic rings. The number of carbonyl (C=O) groups is 1. The second-order valence-corrected chi connectivity index (χ2v) is 5.81. The van der Waals surface area contributed by atoms with Gasteiger partial charge in [0.15, 0.2) is 0 Å². The van der Waals surface area contributed by atoms with Crippen molar-refractivity contribution in [3.05, 3.63) is 64.3 Å². The Hall–Kier alpha value is -2.97. The highest BCUT2D eigenvalue weighted by Gasteiger charge is 2.12. The number of ether oxygens (including phenoxy) is 1. The van der Waals surface area contributed by atoms with Gasteiger partial charge in [-0.15, -0.1) is 0 Å². The average Bonchev–Trinajstić information content (AvgIpc) is 2.57. The van der Waals surface area contributed by atoms with Crippen molar-refractivity contribution in [2.75, 3.05) is 17.7 Å². The van der Waals surface area contributed by atoms with Crippen molar-refractivity contribution in [1.82, 2.24) is 0 Å². The predicted octanol–water partition coefficient (Wildman–Crippen LogP) is 4.42. The second kappa shape index (κ2) is 8.22. The molecule has 0 aliphatic carbocycles. The van der Waals surface area contributed by atoms with E-state index in [1.807, 2.05) is 32.0 Å². The zero-order chi connectivity index (χ0) is 18.4.